The van der Waals surface area contributed by atoms with Crippen LogP contribution in [0.5, 0.6) is 0 Å². The second kappa shape index (κ2) is 11.9. The minimum atomic E-state index is -0.706. The monoisotopic (exact) mass is 478 g/mol. The van der Waals surface area contributed by atoms with Gasteiger partial charge in [0.15, 0.2) is 0 Å². The molecule has 0 spiro atoms. The molecule has 3 atom stereocenters. The summed E-state index contributed by atoms with van der Waals surface area (Å²) in [7, 11) is 6.32. The van der Waals surface area contributed by atoms with Crippen molar-refractivity contribution in [2.75, 3.05) is 34.2 Å². The SMILES string of the molecule is CC1CC(OC(=O)/C=C/c2ccccc2)(c2ccccc2)C(C)(CN(C)C)CN1C.Cl.Cl. The number of carbonyl (C=O) groups excluding carboxylic acids is 1. The summed E-state index contributed by atoms with van der Waals surface area (Å²) in [6.07, 6.45) is 4.13. The van der Waals surface area contributed by atoms with Gasteiger partial charge in [-0.1, -0.05) is 67.6 Å². The van der Waals surface area contributed by atoms with Crippen molar-refractivity contribution >= 4 is 36.9 Å². The predicted octanol–water partition coefficient (Wildman–Crippen LogP) is 5.27. The van der Waals surface area contributed by atoms with Crippen LogP contribution in [0, 0.1) is 5.41 Å². The average Bonchev–Trinajstić information content (AvgIpc) is 2.71. The smallest absolute Gasteiger partial charge is 0.331 e. The standard InChI is InChI=1S/C26H34N2O2.2ClH/c1-21-18-26(23-14-10-7-11-15-23,25(2,19-27(3)4)20-28(21)5)30-24(29)17-16-22-12-8-6-9-13-22;;/h6-17,21H,18-20H2,1-5H3;2*1H/b17-16+;;. The summed E-state index contributed by atoms with van der Waals surface area (Å²) in [5.41, 5.74) is 1.07. The first-order valence-corrected chi connectivity index (χ1v) is 10.6. The van der Waals surface area contributed by atoms with Crippen molar-refractivity contribution in [3.63, 3.8) is 0 Å². The van der Waals surface area contributed by atoms with Crippen LogP contribution in [0.1, 0.15) is 31.4 Å². The van der Waals surface area contributed by atoms with Crippen LogP contribution in [0.4, 0.5) is 0 Å². The Balaban J connectivity index is 0.00000256. The van der Waals surface area contributed by atoms with Gasteiger partial charge in [-0.2, -0.15) is 0 Å². The maximum Gasteiger partial charge on any atom is 0.331 e. The van der Waals surface area contributed by atoms with Crippen molar-refractivity contribution in [2.45, 2.75) is 31.9 Å². The fourth-order valence-corrected chi connectivity index (χ4v) is 4.86. The molecule has 1 fully saturated rings. The van der Waals surface area contributed by atoms with Gasteiger partial charge in [-0.05, 0) is 45.3 Å². The minimum absolute atomic E-state index is 0. The van der Waals surface area contributed by atoms with E-state index < -0.39 is 5.60 Å². The summed E-state index contributed by atoms with van der Waals surface area (Å²) in [4.78, 5) is 17.7. The Kier molecular flexibility index (Phi) is 10.4. The highest BCUT2D eigenvalue weighted by molar-refractivity contribution is 5.87. The molecule has 176 valence electrons. The molecule has 0 aliphatic carbocycles. The van der Waals surface area contributed by atoms with Gasteiger partial charge in [0.05, 0.1) is 0 Å². The number of carbonyl (C=O) groups is 1. The molecule has 3 unspecified atom stereocenters. The van der Waals surface area contributed by atoms with Crippen LogP contribution in [-0.2, 0) is 15.1 Å². The Hall–Kier alpha value is -1.85. The molecule has 6 heteroatoms. The van der Waals surface area contributed by atoms with Crippen molar-refractivity contribution in [3.05, 3.63) is 77.9 Å². The highest BCUT2D eigenvalue weighted by atomic mass is 35.5. The molecule has 1 saturated heterocycles. The lowest BCUT2D eigenvalue weighted by atomic mass is 9.63. The van der Waals surface area contributed by atoms with E-state index in [2.05, 4.69) is 56.9 Å². The maximum atomic E-state index is 13.1. The summed E-state index contributed by atoms with van der Waals surface area (Å²) in [6.45, 7) is 6.11. The van der Waals surface area contributed by atoms with Crippen LogP contribution in [0.15, 0.2) is 66.7 Å². The average molecular weight is 479 g/mol. The van der Waals surface area contributed by atoms with Crippen molar-refractivity contribution in [1.29, 1.82) is 0 Å². The topological polar surface area (TPSA) is 32.8 Å². The minimum Gasteiger partial charge on any atom is -0.450 e. The van der Waals surface area contributed by atoms with E-state index >= 15 is 0 Å². The summed E-state index contributed by atoms with van der Waals surface area (Å²) < 4.78 is 6.44. The van der Waals surface area contributed by atoms with E-state index in [1.165, 1.54) is 0 Å². The highest BCUT2D eigenvalue weighted by Gasteiger charge is 2.57. The highest BCUT2D eigenvalue weighted by Crippen LogP contribution is 2.51. The van der Waals surface area contributed by atoms with Crippen molar-refractivity contribution in [3.8, 4) is 0 Å². The number of esters is 1. The molecule has 0 aromatic heterocycles. The lowest BCUT2D eigenvalue weighted by Crippen LogP contribution is -2.63. The second-order valence-corrected chi connectivity index (χ2v) is 9.12. The molecule has 32 heavy (non-hydrogen) atoms. The van der Waals surface area contributed by atoms with E-state index in [9.17, 15) is 4.79 Å². The van der Waals surface area contributed by atoms with Gasteiger partial charge in [0, 0.05) is 37.0 Å². The van der Waals surface area contributed by atoms with Gasteiger partial charge in [0.1, 0.15) is 5.60 Å². The summed E-state index contributed by atoms with van der Waals surface area (Å²) >= 11 is 0. The van der Waals surface area contributed by atoms with Crippen LogP contribution in [0.3, 0.4) is 0 Å². The Morgan fingerprint density at radius 1 is 1.09 bits per heavy atom. The van der Waals surface area contributed by atoms with E-state index in [1.54, 1.807) is 6.08 Å². The molecule has 0 radical (unpaired) electrons. The number of hydrogen-bond donors (Lipinski definition) is 0. The number of likely N-dealkylation sites (tertiary alicyclic amines) is 1. The van der Waals surface area contributed by atoms with E-state index in [0.717, 1.165) is 30.6 Å². The van der Waals surface area contributed by atoms with Gasteiger partial charge in [-0.15, -0.1) is 24.8 Å². The normalized spacial score (nSPS) is 25.8. The summed E-state index contributed by atoms with van der Waals surface area (Å²) in [5.74, 6) is -0.301. The van der Waals surface area contributed by atoms with Crippen LogP contribution < -0.4 is 0 Å². The number of ether oxygens (including phenoxy) is 1. The molecule has 2 aromatic carbocycles. The van der Waals surface area contributed by atoms with E-state index in [0.29, 0.717) is 6.04 Å². The molecule has 0 amide bonds. The van der Waals surface area contributed by atoms with Crippen molar-refractivity contribution < 1.29 is 9.53 Å². The Labute approximate surface area is 205 Å². The number of nitrogens with zero attached hydrogens (tertiary/aromatic N) is 2. The molecule has 4 nitrogen and oxygen atoms in total. The maximum absolute atomic E-state index is 13.1. The fraction of sp³-hybridized carbons (Fsp3) is 0.423. The summed E-state index contributed by atoms with van der Waals surface area (Å²) in [5, 5.41) is 0. The Morgan fingerprint density at radius 3 is 2.22 bits per heavy atom. The largest absolute Gasteiger partial charge is 0.450 e. The Morgan fingerprint density at radius 2 is 1.66 bits per heavy atom. The lowest BCUT2D eigenvalue weighted by Gasteiger charge is -2.56. The molecule has 1 aliphatic heterocycles. The van der Waals surface area contributed by atoms with Crippen molar-refractivity contribution in [1.82, 2.24) is 9.80 Å². The zero-order chi connectivity index (χ0) is 21.8. The van der Waals surface area contributed by atoms with Gasteiger partial charge in [0.2, 0.25) is 0 Å². The number of benzene rings is 2. The van der Waals surface area contributed by atoms with E-state index in [-0.39, 0.29) is 36.2 Å². The molecular formula is C26H36Cl2N2O2. The first kappa shape index (κ1) is 28.2. The lowest BCUT2D eigenvalue weighted by molar-refractivity contribution is -0.195. The molecule has 1 heterocycles. The molecule has 0 N–H and O–H groups in total. The molecule has 2 aromatic rings. The zero-order valence-corrected chi connectivity index (χ0v) is 21.3. The quantitative estimate of drug-likeness (QED) is 0.417. The molecule has 0 saturated carbocycles. The van der Waals surface area contributed by atoms with Gasteiger partial charge in [-0.3, -0.25) is 0 Å². The molecule has 3 rings (SSSR count). The van der Waals surface area contributed by atoms with Gasteiger partial charge >= 0.3 is 5.97 Å². The number of halogens is 2. The number of piperidine rings is 1. The third kappa shape index (κ3) is 6.14. The zero-order valence-electron chi connectivity index (χ0n) is 19.7. The molecule has 1 aliphatic rings. The third-order valence-electron chi connectivity index (χ3n) is 6.30. The van der Waals surface area contributed by atoms with E-state index in [4.69, 9.17) is 4.74 Å². The van der Waals surface area contributed by atoms with Crippen LogP contribution >= 0.6 is 24.8 Å². The van der Waals surface area contributed by atoms with Crippen LogP contribution in [0.25, 0.3) is 6.08 Å². The second-order valence-electron chi connectivity index (χ2n) is 9.12. The predicted molar refractivity (Wildman–Crippen MR) is 138 cm³/mol. The van der Waals surface area contributed by atoms with Crippen LogP contribution in [-0.4, -0.2) is 56.0 Å². The van der Waals surface area contributed by atoms with Gasteiger partial charge in [0.25, 0.3) is 0 Å². The first-order chi connectivity index (χ1) is 14.3. The fourth-order valence-electron chi connectivity index (χ4n) is 4.86. The third-order valence-corrected chi connectivity index (χ3v) is 6.30. The summed E-state index contributed by atoms with van der Waals surface area (Å²) in [6, 6.07) is 20.4. The first-order valence-electron chi connectivity index (χ1n) is 10.6. The van der Waals surface area contributed by atoms with Gasteiger partial charge < -0.3 is 14.5 Å². The Bertz CT molecular complexity index is 876. The molecular weight excluding hydrogens is 443 g/mol. The molecule has 0 bridgehead atoms. The van der Waals surface area contributed by atoms with Crippen molar-refractivity contribution in [2.24, 2.45) is 5.41 Å². The van der Waals surface area contributed by atoms with Gasteiger partial charge in [-0.25, -0.2) is 4.79 Å². The van der Waals surface area contributed by atoms with Crippen LogP contribution in [0.2, 0.25) is 0 Å². The van der Waals surface area contributed by atoms with E-state index in [1.807, 2.05) is 54.6 Å². The number of rotatable bonds is 6. The number of hydrogen-bond acceptors (Lipinski definition) is 4.